The van der Waals surface area contributed by atoms with Crippen LogP contribution >= 0.6 is 11.3 Å². The maximum absolute atomic E-state index is 11.7. The summed E-state index contributed by atoms with van der Waals surface area (Å²) in [6.45, 7) is 1.15. The molecule has 9 heteroatoms. The molecule has 1 aromatic heterocycles. The minimum atomic E-state index is -3.64. The second-order valence-electron chi connectivity index (χ2n) is 4.49. The van der Waals surface area contributed by atoms with E-state index in [-0.39, 0.29) is 12.6 Å². The van der Waals surface area contributed by atoms with Crippen LogP contribution in [0.1, 0.15) is 12.8 Å². The molecule has 0 amide bonds. The van der Waals surface area contributed by atoms with Crippen molar-refractivity contribution in [1.82, 2.24) is 9.71 Å². The Morgan fingerprint density at radius 1 is 1.65 bits per heavy atom. The number of carbonyl (C=O) groups is 1. The normalized spacial score (nSPS) is 19.2. The minimum absolute atomic E-state index is 0.0774. The standard InChI is InChI=1S/C11H17N3O4S2/c1-18-10(15)8-20(16,17)13-7-9-3-2-5-14(9)11-12-4-6-19-11/h4,6,9,13H,2-3,5,7-8H2,1H3. The van der Waals surface area contributed by atoms with Crippen molar-refractivity contribution in [2.75, 3.05) is 30.9 Å². The molecule has 1 saturated heterocycles. The van der Waals surface area contributed by atoms with Crippen LogP contribution in [-0.2, 0) is 19.6 Å². The summed E-state index contributed by atoms with van der Waals surface area (Å²) in [5.74, 6) is -1.41. The summed E-state index contributed by atoms with van der Waals surface area (Å²) in [5, 5.41) is 2.80. The van der Waals surface area contributed by atoms with Crippen LogP contribution in [0, 0.1) is 0 Å². The van der Waals surface area contributed by atoms with Gasteiger partial charge in [-0.05, 0) is 12.8 Å². The highest BCUT2D eigenvalue weighted by Crippen LogP contribution is 2.26. The van der Waals surface area contributed by atoms with E-state index in [0.29, 0.717) is 0 Å². The van der Waals surface area contributed by atoms with Crippen LogP contribution in [0.3, 0.4) is 0 Å². The van der Waals surface area contributed by atoms with Crippen LogP contribution in [0.4, 0.5) is 5.13 Å². The van der Waals surface area contributed by atoms with Gasteiger partial charge in [0.05, 0.1) is 7.11 Å². The number of anilines is 1. The molecule has 0 spiro atoms. The molecule has 2 heterocycles. The molecule has 2 rings (SSSR count). The fourth-order valence-electron chi connectivity index (χ4n) is 2.15. The topological polar surface area (TPSA) is 88.6 Å². The minimum Gasteiger partial charge on any atom is -0.468 e. The van der Waals surface area contributed by atoms with Crippen molar-refractivity contribution in [1.29, 1.82) is 0 Å². The first-order valence-electron chi connectivity index (χ1n) is 6.22. The predicted molar refractivity (Wildman–Crippen MR) is 76.3 cm³/mol. The number of hydrogen-bond acceptors (Lipinski definition) is 7. The van der Waals surface area contributed by atoms with E-state index in [4.69, 9.17) is 0 Å². The average Bonchev–Trinajstić information content (AvgIpc) is 3.06. The summed E-state index contributed by atoms with van der Waals surface area (Å²) in [4.78, 5) is 17.4. The summed E-state index contributed by atoms with van der Waals surface area (Å²) in [5.41, 5.74) is 0. The molecule has 0 aliphatic carbocycles. The maximum atomic E-state index is 11.7. The first-order chi connectivity index (χ1) is 9.52. The molecule has 1 atom stereocenters. The van der Waals surface area contributed by atoms with Gasteiger partial charge in [-0.3, -0.25) is 4.79 Å². The van der Waals surface area contributed by atoms with Crippen LogP contribution in [0.2, 0.25) is 0 Å². The number of thiazole rings is 1. The summed E-state index contributed by atoms with van der Waals surface area (Å²) in [7, 11) is -2.48. The van der Waals surface area contributed by atoms with Crippen LogP contribution in [0.5, 0.6) is 0 Å². The van der Waals surface area contributed by atoms with E-state index in [9.17, 15) is 13.2 Å². The van der Waals surface area contributed by atoms with Crippen LogP contribution in [0.25, 0.3) is 0 Å². The molecule has 112 valence electrons. The molecular weight excluding hydrogens is 302 g/mol. The monoisotopic (exact) mass is 319 g/mol. The van der Waals surface area contributed by atoms with Crippen molar-refractivity contribution in [3.8, 4) is 0 Å². The summed E-state index contributed by atoms with van der Waals surface area (Å²) in [6, 6.07) is 0.0774. The number of methoxy groups -OCH3 is 1. The van der Waals surface area contributed by atoms with Crippen molar-refractivity contribution in [2.45, 2.75) is 18.9 Å². The van der Waals surface area contributed by atoms with Gasteiger partial charge in [0.1, 0.15) is 0 Å². The van der Waals surface area contributed by atoms with Crippen molar-refractivity contribution >= 4 is 32.5 Å². The first kappa shape index (κ1) is 15.2. The molecule has 1 aliphatic heterocycles. The molecular formula is C11H17N3O4S2. The second-order valence-corrected chi connectivity index (χ2v) is 7.17. The van der Waals surface area contributed by atoms with Gasteiger partial charge in [-0.1, -0.05) is 0 Å². The van der Waals surface area contributed by atoms with Crippen LogP contribution in [0.15, 0.2) is 11.6 Å². The Morgan fingerprint density at radius 2 is 2.45 bits per heavy atom. The Labute approximate surface area is 122 Å². The highest BCUT2D eigenvalue weighted by atomic mass is 32.2. The molecule has 0 radical (unpaired) electrons. The van der Waals surface area contributed by atoms with Crippen LogP contribution in [-0.4, -0.2) is 51.4 Å². The first-order valence-corrected chi connectivity index (χ1v) is 8.75. The number of ether oxygens (including phenoxy) is 1. The van der Waals surface area contributed by atoms with E-state index in [0.717, 1.165) is 24.5 Å². The zero-order chi connectivity index (χ0) is 14.6. The van der Waals surface area contributed by atoms with Gasteiger partial charge in [-0.2, -0.15) is 0 Å². The number of nitrogens with zero attached hydrogens (tertiary/aromatic N) is 2. The lowest BCUT2D eigenvalue weighted by molar-refractivity contribution is -0.137. The van der Waals surface area contributed by atoms with E-state index in [2.05, 4.69) is 19.3 Å². The third kappa shape index (κ3) is 3.90. The van der Waals surface area contributed by atoms with Crippen molar-refractivity contribution in [2.24, 2.45) is 0 Å². The van der Waals surface area contributed by atoms with Gasteiger partial charge in [0, 0.05) is 30.7 Å². The van der Waals surface area contributed by atoms with Gasteiger partial charge in [0.15, 0.2) is 10.9 Å². The lowest BCUT2D eigenvalue weighted by Crippen LogP contribution is -2.41. The van der Waals surface area contributed by atoms with Gasteiger partial charge < -0.3 is 9.64 Å². The van der Waals surface area contributed by atoms with Crippen molar-refractivity contribution in [3.05, 3.63) is 11.6 Å². The summed E-state index contributed by atoms with van der Waals surface area (Å²) >= 11 is 1.54. The average molecular weight is 319 g/mol. The number of sulfonamides is 1. The lowest BCUT2D eigenvalue weighted by Gasteiger charge is -2.24. The Balaban J connectivity index is 1.91. The highest BCUT2D eigenvalue weighted by Gasteiger charge is 2.28. The quantitative estimate of drug-likeness (QED) is 0.754. The molecule has 0 bridgehead atoms. The Bertz CT molecular complexity index is 544. The lowest BCUT2D eigenvalue weighted by atomic mass is 10.2. The third-order valence-electron chi connectivity index (χ3n) is 3.12. The summed E-state index contributed by atoms with van der Waals surface area (Å²) in [6.07, 6.45) is 3.64. The number of nitrogens with one attached hydrogen (secondary N) is 1. The van der Waals surface area contributed by atoms with E-state index in [1.54, 1.807) is 6.20 Å². The number of rotatable bonds is 6. The predicted octanol–water partition coefficient (Wildman–Crippen LogP) is 0.204. The fourth-order valence-corrected chi connectivity index (χ4v) is 3.86. The SMILES string of the molecule is COC(=O)CS(=O)(=O)NCC1CCCN1c1nccs1. The number of esters is 1. The molecule has 1 aliphatic rings. The molecule has 0 aromatic carbocycles. The van der Waals surface area contributed by atoms with Gasteiger partial charge in [-0.25, -0.2) is 18.1 Å². The Kier molecular flexibility index (Phi) is 4.95. The molecule has 20 heavy (non-hydrogen) atoms. The van der Waals surface area contributed by atoms with E-state index in [1.165, 1.54) is 18.4 Å². The second kappa shape index (κ2) is 6.51. The molecule has 1 aromatic rings. The Morgan fingerprint density at radius 3 is 3.10 bits per heavy atom. The number of carbonyl (C=O) groups excluding carboxylic acids is 1. The molecule has 0 saturated carbocycles. The van der Waals surface area contributed by atoms with Gasteiger partial charge in [0.25, 0.3) is 0 Å². The van der Waals surface area contributed by atoms with Gasteiger partial charge >= 0.3 is 5.97 Å². The molecule has 1 unspecified atom stereocenters. The highest BCUT2D eigenvalue weighted by molar-refractivity contribution is 7.90. The molecule has 7 nitrogen and oxygen atoms in total. The smallest absolute Gasteiger partial charge is 0.322 e. The fraction of sp³-hybridized carbons (Fsp3) is 0.636. The van der Waals surface area contributed by atoms with E-state index in [1.807, 2.05) is 5.38 Å². The molecule has 1 N–H and O–H groups in total. The number of hydrogen-bond donors (Lipinski definition) is 1. The van der Waals surface area contributed by atoms with Gasteiger partial charge in [-0.15, -0.1) is 11.3 Å². The molecule has 1 fully saturated rings. The maximum Gasteiger partial charge on any atom is 0.322 e. The van der Waals surface area contributed by atoms with Crippen molar-refractivity contribution < 1.29 is 17.9 Å². The van der Waals surface area contributed by atoms with Crippen LogP contribution < -0.4 is 9.62 Å². The largest absolute Gasteiger partial charge is 0.468 e. The van der Waals surface area contributed by atoms with Gasteiger partial charge in [0.2, 0.25) is 10.0 Å². The third-order valence-corrected chi connectivity index (χ3v) is 5.15. The zero-order valence-electron chi connectivity index (χ0n) is 11.1. The van der Waals surface area contributed by atoms with E-state index < -0.39 is 21.7 Å². The Hall–Kier alpha value is -1.19. The summed E-state index contributed by atoms with van der Waals surface area (Å²) < 4.78 is 30.2. The number of aromatic nitrogens is 1. The van der Waals surface area contributed by atoms with E-state index >= 15 is 0 Å². The van der Waals surface area contributed by atoms with Crippen molar-refractivity contribution in [3.63, 3.8) is 0 Å². The zero-order valence-corrected chi connectivity index (χ0v) is 12.7.